The Morgan fingerprint density at radius 2 is 1.76 bits per heavy atom. The molecule has 2 saturated heterocycles. The molecule has 0 spiro atoms. The summed E-state index contributed by atoms with van der Waals surface area (Å²) in [5.41, 5.74) is 0.0576. The molecule has 1 aromatic carbocycles. The number of carbonyl (C=O) groups excluding carboxylic acids is 3. The number of nitrogens with zero attached hydrogens (tertiary/aromatic N) is 3. The second kappa shape index (κ2) is 7.21. The predicted molar refractivity (Wildman–Crippen MR) is 89.2 cm³/mol. The Bertz CT molecular complexity index is 686. The van der Waals surface area contributed by atoms with E-state index in [0.717, 1.165) is 0 Å². The van der Waals surface area contributed by atoms with Crippen LogP contribution in [0.5, 0.6) is 0 Å². The van der Waals surface area contributed by atoms with Gasteiger partial charge in [-0.25, -0.2) is 4.39 Å². The molecular weight excluding hydrogens is 325 g/mol. The number of rotatable bonds is 3. The van der Waals surface area contributed by atoms with Crippen molar-refractivity contribution in [3.8, 4) is 0 Å². The highest BCUT2D eigenvalue weighted by Crippen LogP contribution is 2.21. The summed E-state index contributed by atoms with van der Waals surface area (Å²) >= 11 is 0. The summed E-state index contributed by atoms with van der Waals surface area (Å²) in [6.07, 6.45) is 0.265. The van der Waals surface area contributed by atoms with Gasteiger partial charge in [-0.15, -0.1) is 0 Å². The first kappa shape index (κ1) is 17.4. The lowest BCUT2D eigenvalue weighted by Gasteiger charge is -2.36. The topological polar surface area (TPSA) is 60.9 Å². The lowest BCUT2D eigenvalue weighted by molar-refractivity contribution is -0.137. The van der Waals surface area contributed by atoms with Gasteiger partial charge in [-0.3, -0.25) is 14.4 Å². The van der Waals surface area contributed by atoms with Gasteiger partial charge in [-0.2, -0.15) is 0 Å². The first-order chi connectivity index (χ1) is 12.0. The zero-order valence-corrected chi connectivity index (χ0v) is 14.3. The van der Waals surface area contributed by atoms with Crippen molar-refractivity contribution in [1.29, 1.82) is 0 Å². The van der Waals surface area contributed by atoms with Crippen LogP contribution in [0.3, 0.4) is 0 Å². The molecule has 2 heterocycles. The predicted octanol–water partition coefficient (Wildman–Crippen LogP) is 0.978. The van der Waals surface area contributed by atoms with E-state index in [4.69, 9.17) is 0 Å². The molecule has 2 fully saturated rings. The number of carbonyl (C=O) groups is 3. The van der Waals surface area contributed by atoms with Crippen LogP contribution in [-0.4, -0.2) is 71.7 Å². The molecule has 6 nitrogen and oxygen atoms in total. The van der Waals surface area contributed by atoms with Gasteiger partial charge in [-0.05, 0) is 19.1 Å². The third kappa shape index (κ3) is 3.50. The van der Waals surface area contributed by atoms with Crippen LogP contribution in [0.4, 0.5) is 4.39 Å². The fourth-order valence-electron chi connectivity index (χ4n) is 3.44. The average Bonchev–Trinajstić information content (AvgIpc) is 3.02. The van der Waals surface area contributed by atoms with Crippen molar-refractivity contribution in [1.82, 2.24) is 14.7 Å². The Kier molecular flexibility index (Phi) is 5.01. The number of likely N-dealkylation sites (tertiary alicyclic amines) is 1. The van der Waals surface area contributed by atoms with Crippen LogP contribution in [-0.2, 0) is 9.59 Å². The SMILES string of the molecule is CCN1C[C@H](C(=O)N2CCN(C(=O)c3ccccc3F)CC2)CC1=O. The fourth-order valence-corrected chi connectivity index (χ4v) is 3.44. The van der Waals surface area contributed by atoms with Crippen molar-refractivity contribution < 1.29 is 18.8 Å². The molecule has 0 radical (unpaired) electrons. The van der Waals surface area contributed by atoms with Gasteiger partial charge in [-0.1, -0.05) is 12.1 Å². The first-order valence-corrected chi connectivity index (χ1v) is 8.61. The molecule has 3 rings (SSSR count). The molecule has 25 heavy (non-hydrogen) atoms. The third-order valence-electron chi connectivity index (χ3n) is 4.93. The second-order valence-electron chi connectivity index (χ2n) is 6.43. The fraction of sp³-hybridized carbons (Fsp3) is 0.500. The van der Waals surface area contributed by atoms with Crippen LogP contribution in [0, 0.1) is 11.7 Å². The van der Waals surface area contributed by atoms with Crippen molar-refractivity contribution >= 4 is 17.7 Å². The van der Waals surface area contributed by atoms with E-state index < -0.39 is 5.82 Å². The van der Waals surface area contributed by atoms with E-state index in [2.05, 4.69) is 0 Å². The van der Waals surface area contributed by atoms with Gasteiger partial charge in [0.15, 0.2) is 0 Å². The van der Waals surface area contributed by atoms with Crippen LogP contribution in [0.25, 0.3) is 0 Å². The maximum absolute atomic E-state index is 13.8. The maximum atomic E-state index is 13.8. The molecule has 0 aromatic heterocycles. The summed E-state index contributed by atoms with van der Waals surface area (Å²) in [5.74, 6) is -1.17. The van der Waals surface area contributed by atoms with E-state index in [-0.39, 0.29) is 35.6 Å². The van der Waals surface area contributed by atoms with E-state index in [1.807, 2.05) is 6.92 Å². The minimum absolute atomic E-state index is 0.0224. The molecule has 0 N–H and O–H groups in total. The molecule has 2 aliphatic rings. The number of benzene rings is 1. The van der Waals surface area contributed by atoms with E-state index in [1.54, 1.807) is 26.8 Å². The number of piperazine rings is 1. The van der Waals surface area contributed by atoms with Gasteiger partial charge in [0.05, 0.1) is 11.5 Å². The van der Waals surface area contributed by atoms with Gasteiger partial charge in [0.1, 0.15) is 5.82 Å². The molecule has 0 aliphatic carbocycles. The zero-order valence-electron chi connectivity index (χ0n) is 14.3. The van der Waals surface area contributed by atoms with Gasteiger partial charge in [0.2, 0.25) is 11.8 Å². The minimum atomic E-state index is -0.532. The lowest BCUT2D eigenvalue weighted by atomic mass is 10.1. The van der Waals surface area contributed by atoms with Gasteiger partial charge < -0.3 is 14.7 Å². The summed E-state index contributed by atoms with van der Waals surface area (Å²) in [6, 6.07) is 5.92. The van der Waals surface area contributed by atoms with Crippen molar-refractivity contribution in [2.75, 3.05) is 39.3 Å². The monoisotopic (exact) mass is 347 g/mol. The maximum Gasteiger partial charge on any atom is 0.256 e. The first-order valence-electron chi connectivity index (χ1n) is 8.61. The van der Waals surface area contributed by atoms with Gasteiger partial charge in [0.25, 0.3) is 5.91 Å². The van der Waals surface area contributed by atoms with E-state index in [1.165, 1.54) is 12.1 Å². The van der Waals surface area contributed by atoms with E-state index in [0.29, 0.717) is 39.3 Å². The molecule has 0 bridgehead atoms. The summed E-state index contributed by atoms with van der Waals surface area (Å²) < 4.78 is 13.8. The third-order valence-corrected chi connectivity index (χ3v) is 4.93. The van der Waals surface area contributed by atoms with Crippen LogP contribution >= 0.6 is 0 Å². The van der Waals surface area contributed by atoms with Crippen molar-refractivity contribution in [2.45, 2.75) is 13.3 Å². The van der Waals surface area contributed by atoms with E-state index >= 15 is 0 Å². The van der Waals surface area contributed by atoms with Crippen LogP contribution in [0.2, 0.25) is 0 Å². The number of halogens is 1. The molecule has 7 heteroatoms. The molecule has 1 aromatic rings. The van der Waals surface area contributed by atoms with Crippen LogP contribution in [0.15, 0.2) is 24.3 Å². The van der Waals surface area contributed by atoms with Gasteiger partial charge in [0, 0.05) is 45.7 Å². The summed E-state index contributed by atoms with van der Waals surface area (Å²) in [6.45, 7) is 4.56. The molecule has 0 unspecified atom stereocenters. The molecule has 0 saturated carbocycles. The summed E-state index contributed by atoms with van der Waals surface area (Å²) in [4.78, 5) is 41.8. The normalized spacial score (nSPS) is 21.0. The summed E-state index contributed by atoms with van der Waals surface area (Å²) in [5, 5.41) is 0. The zero-order chi connectivity index (χ0) is 18.0. The highest BCUT2D eigenvalue weighted by atomic mass is 19.1. The van der Waals surface area contributed by atoms with Crippen LogP contribution < -0.4 is 0 Å². The van der Waals surface area contributed by atoms with Crippen LogP contribution in [0.1, 0.15) is 23.7 Å². The molecule has 1 atom stereocenters. The van der Waals surface area contributed by atoms with Gasteiger partial charge >= 0.3 is 0 Å². The Balaban J connectivity index is 1.57. The Labute approximate surface area is 146 Å². The molecule has 2 aliphatic heterocycles. The molecule has 3 amide bonds. The standard InChI is InChI=1S/C18H22FN3O3/c1-2-20-12-13(11-16(20)23)17(24)21-7-9-22(10-8-21)18(25)14-5-3-4-6-15(14)19/h3-6,13H,2,7-12H2,1H3/t13-/m1/s1. The smallest absolute Gasteiger partial charge is 0.256 e. The van der Waals surface area contributed by atoms with Crippen molar-refractivity contribution in [3.63, 3.8) is 0 Å². The molecular formula is C18H22FN3O3. The molecule has 134 valence electrons. The number of hydrogen-bond acceptors (Lipinski definition) is 3. The van der Waals surface area contributed by atoms with Crippen molar-refractivity contribution in [2.24, 2.45) is 5.92 Å². The Morgan fingerprint density at radius 1 is 1.12 bits per heavy atom. The van der Waals surface area contributed by atoms with Crippen molar-refractivity contribution in [3.05, 3.63) is 35.6 Å². The quantitative estimate of drug-likeness (QED) is 0.819. The highest BCUT2D eigenvalue weighted by molar-refractivity contribution is 5.95. The summed E-state index contributed by atoms with van der Waals surface area (Å²) in [7, 11) is 0. The van der Waals surface area contributed by atoms with E-state index in [9.17, 15) is 18.8 Å². The second-order valence-corrected chi connectivity index (χ2v) is 6.43. The average molecular weight is 347 g/mol. The Morgan fingerprint density at radius 3 is 2.36 bits per heavy atom. The Hall–Kier alpha value is -2.44. The largest absolute Gasteiger partial charge is 0.342 e. The highest BCUT2D eigenvalue weighted by Gasteiger charge is 2.37. The lowest BCUT2D eigenvalue weighted by Crippen LogP contribution is -2.52. The number of hydrogen-bond donors (Lipinski definition) is 0. The number of amides is 3. The minimum Gasteiger partial charge on any atom is -0.342 e.